The topological polar surface area (TPSA) is 53.4 Å². The molecule has 1 heterocycles. The zero-order valence-corrected chi connectivity index (χ0v) is 12.8. The second-order valence-electron chi connectivity index (χ2n) is 5.67. The summed E-state index contributed by atoms with van der Waals surface area (Å²) in [6.07, 6.45) is 0.649. The van der Waals surface area contributed by atoms with Crippen molar-refractivity contribution in [1.29, 1.82) is 0 Å². The van der Waals surface area contributed by atoms with Crippen LogP contribution in [0.15, 0.2) is 42.5 Å². The highest BCUT2D eigenvalue weighted by molar-refractivity contribution is 5.86. The molecule has 1 aromatic heterocycles. The Kier molecular flexibility index (Phi) is 3.82. The van der Waals surface area contributed by atoms with Crippen LogP contribution in [-0.4, -0.2) is 21.8 Å². The molecule has 0 atom stereocenters. The van der Waals surface area contributed by atoms with Gasteiger partial charge in [-0.2, -0.15) is 0 Å². The lowest BCUT2D eigenvalue weighted by atomic mass is 10.0. The minimum Gasteiger partial charge on any atom is -0.507 e. The van der Waals surface area contributed by atoms with Crippen LogP contribution in [0.4, 0.5) is 0 Å². The van der Waals surface area contributed by atoms with Gasteiger partial charge in [0.25, 0.3) is 0 Å². The lowest BCUT2D eigenvalue weighted by Gasteiger charge is -2.10. The number of aliphatic hydroxyl groups is 1. The van der Waals surface area contributed by atoms with Gasteiger partial charge >= 0.3 is 0 Å². The number of hydrogen-bond acceptors (Lipinski definition) is 3. The van der Waals surface area contributed by atoms with Gasteiger partial charge in [-0.05, 0) is 67.3 Å². The quantitative estimate of drug-likeness (QED) is 0.773. The molecule has 0 saturated heterocycles. The molecule has 3 rings (SSSR count). The molecule has 22 heavy (non-hydrogen) atoms. The van der Waals surface area contributed by atoms with Gasteiger partial charge in [-0.3, -0.25) is 0 Å². The number of aromatic nitrogens is 1. The second-order valence-corrected chi connectivity index (χ2v) is 5.67. The van der Waals surface area contributed by atoms with E-state index in [9.17, 15) is 5.11 Å². The molecule has 0 bridgehead atoms. The van der Waals surface area contributed by atoms with Gasteiger partial charge in [0.1, 0.15) is 5.75 Å². The van der Waals surface area contributed by atoms with Crippen LogP contribution in [-0.2, 0) is 6.42 Å². The van der Waals surface area contributed by atoms with Crippen LogP contribution in [0.3, 0.4) is 0 Å². The summed E-state index contributed by atoms with van der Waals surface area (Å²) < 4.78 is 0. The average molecular weight is 293 g/mol. The van der Waals surface area contributed by atoms with Crippen LogP contribution in [0.5, 0.6) is 5.75 Å². The number of aliphatic hydroxyl groups excluding tert-OH is 1. The van der Waals surface area contributed by atoms with E-state index in [0.29, 0.717) is 6.42 Å². The normalized spacial score (nSPS) is 11.0. The minimum absolute atomic E-state index is 0.146. The van der Waals surface area contributed by atoms with E-state index in [1.165, 1.54) is 0 Å². The highest BCUT2D eigenvalue weighted by atomic mass is 16.3. The molecule has 3 aromatic rings. The van der Waals surface area contributed by atoms with Gasteiger partial charge in [-0.25, -0.2) is 4.98 Å². The molecule has 0 unspecified atom stereocenters. The van der Waals surface area contributed by atoms with Gasteiger partial charge in [0, 0.05) is 17.6 Å². The number of benzene rings is 2. The minimum atomic E-state index is 0.146. The molecule has 0 aliphatic rings. The maximum atomic E-state index is 10.2. The maximum Gasteiger partial charge on any atom is 0.125 e. The number of rotatable bonds is 3. The summed E-state index contributed by atoms with van der Waals surface area (Å²) in [5.41, 5.74) is 5.65. The molecule has 0 fully saturated rings. The first-order valence-corrected chi connectivity index (χ1v) is 7.39. The molecule has 0 spiro atoms. The maximum absolute atomic E-state index is 10.2. The smallest absolute Gasteiger partial charge is 0.125 e. The second kappa shape index (κ2) is 5.78. The monoisotopic (exact) mass is 293 g/mol. The highest BCUT2D eigenvalue weighted by Gasteiger charge is 2.09. The fraction of sp³-hybridized carbons (Fsp3) is 0.211. The predicted octanol–water partition coefficient (Wildman–Crippen LogP) is 3.76. The number of aryl methyl sites for hydroxylation is 2. The Labute approximate surface area is 129 Å². The molecule has 2 aromatic carbocycles. The lowest BCUT2D eigenvalue weighted by Crippen LogP contribution is -1.94. The van der Waals surface area contributed by atoms with Crippen LogP contribution in [0, 0.1) is 13.8 Å². The summed E-state index contributed by atoms with van der Waals surface area (Å²) in [7, 11) is 0. The van der Waals surface area contributed by atoms with E-state index in [1.807, 2.05) is 44.2 Å². The fourth-order valence-corrected chi connectivity index (χ4v) is 2.72. The van der Waals surface area contributed by atoms with Gasteiger partial charge < -0.3 is 10.2 Å². The van der Waals surface area contributed by atoms with Gasteiger partial charge in [-0.1, -0.05) is 12.1 Å². The van der Waals surface area contributed by atoms with Gasteiger partial charge in [-0.15, -0.1) is 0 Å². The third-order valence-electron chi connectivity index (χ3n) is 3.91. The average Bonchev–Trinajstić information content (AvgIpc) is 2.48. The predicted molar refractivity (Wildman–Crippen MR) is 89.1 cm³/mol. The summed E-state index contributed by atoms with van der Waals surface area (Å²) in [6.45, 7) is 4.14. The van der Waals surface area contributed by atoms with Crippen LogP contribution in [0.1, 0.15) is 16.7 Å². The summed E-state index contributed by atoms with van der Waals surface area (Å²) in [5.74, 6) is 0.253. The SMILES string of the molecule is Cc1ccc(-c2cc(C)c3cc(CCO)ccc3n2)c(O)c1. The number of aromatic hydroxyl groups is 1. The molecule has 0 aliphatic heterocycles. The van der Waals surface area contributed by atoms with E-state index in [4.69, 9.17) is 5.11 Å². The molecule has 0 amide bonds. The zero-order valence-electron chi connectivity index (χ0n) is 12.8. The summed E-state index contributed by atoms with van der Waals surface area (Å²) >= 11 is 0. The molecule has 3 heteroatoms. The molecule has 112 valence electrons. The molecule has 0 aliphatic carbocycles. The van der Waals surface area contributed by atoms with Crippen molar-refractivity contribution in [2.75, 3.05) is 6.61 Å². The Hall–Kier alpha value is -2.39. The summed E-state index contributed by atoms with van der Waals surface area (Å²) in [5, 5.41) is 20.3. The Morgan fingerprint density at radius 3 is 2.55 bits per heavy atom. The van der Waals surface area contributed by atoms with Crippen LogP contribution in [0.25, 0.3) is 22.2 Å². The zero-order chi connectivity index (χ0) is 15.7. The van der Waals surface area contributed by atoms with E-state index < -0.39 is 0 Å². The van der Waals surface area contributed by atoms with Crippen molar-refractivity contribution in [2.24, 2.45) is 0 Å². The van der Waals surface area contributed by atoms with Gasteiger partial charge in [0.05, 0.1) is 11.2 Å². The van der Waals surface area contributed by atoms with Crippen molar-refractivity contribution < 1.29 is 10.2 Å². The van der Waals surface area contributed by atoms with Crippen molar-refractivity contribution in [2.45, 2.75) is 20.3 Å². The fourth-order valence-electron chi connectivity index (χ4n) is 2.72. The first-order valence-electron chi connectivity index (χ1n) is 7.39. The summed E-state index contributed by atoms with van der Waals surface area (Å²) in [4.78, 5) is 4.68. The van der Waals surface area contributed by atoms with Crippen LogP contribution in [0.2, 0.25) is 0 Å². The standard InChI is InChI=1S/C19H19NO2/c1-12-3-5-15(19(22)9-12)18-10-13(2)16-11-14(7-8-21)4-6-17(16)20-18/h3-6,9-11,21-22H,7-8H2,1-2H3. The number of fused-ring (bicyclic) bond motifs is 1. The molecule has 0 saturated carbocycles. The number of phenols is 1. The molecule has 3 nitrogen and oxygen atoms in total. The highest BCUT2D eigenvalue weighted by Crippen LogP contribution is 2.31. The van der Waals surface area contributed by atoms with Gasteiger partial charge in [0.15, 0.2) is 0 Å². The molecule has 0 radical (unpaired) electrons. The number of phenolic OH excluding ortho intramolecular Hbond substituents is 1. The lowest BCUT2D eigenvalue weighted by molar-refractivity contribution is 0.299. The van der Waals surface area contributed by atoms with Crippen molar-refractivity contribution >= 4 is 10.9 Å². The van der Waals surface area contributed by atoms with Crippen molar-refractivity contribution in [3.63, 3.8) is 0 Å². The third-order valence-corrected chi connectivity index (χ3v) is 3.91. The first kappa shape index (κ1) is 14.5. The number of hydrogen-bond donors (Lipinski definition) is 2. The van der Waals surface area contributed by atoms with Crippen molar-refractivity contribution in [3.05, 3.63) is 59.2 Å². The van der Waals surface area contributed by atoms with Gasteiger partial charge in [0.2, 0.25) is 0 Å². The Bertz CT molecular complexity index is 840. The Morgan fingerprint density at radius 2 is 1.82 bits per heavy atom. The van der Waals surface area contributed by atoms with Crippen LogP contribution >= 0.6 is 0 Å². The first-order chi connectivity index (χ1) is 10.6. The number of nitrogens with zero attached hydrogens (tertiary/aromatic N) is 1. The van der Waals surface area contributed by atoms with Crippen LogP contribution < -0.4 is 0 Å². The molecule has 2 N–H and O–H groups in total. The third kappa shape index (κ3) is 2.68. The van der Waals surface area contributed by atoms with E-state index >= 15 is 0 Å². The largest absolute Gasteiger partial charge is 0.507 e. The van der Waals surface area contributed by atoms with E-state index in [1.54, 1.807) is 6.07 Å². The molecular weight excluding hydrogens is 274 g/mol. The number of pyridine rings is 1. The van der Waals surface area contributed by atoms with E-state index in [0.717, 1.165) is 38.9 Å². The van der Waals surface area contributed by atoms with Crippen molar-refractivity contribution in [3.8, 4) is 17.0 Å². The summed E-state index contributed by atoms with van der Waals surface area (Å²) in [6, 6.07) is 13.7. The Morgan fingerprint density at radius 1 is 1.00 bits per heavy atom. The van der Waals surface area contributed by atoms with E-state index in [2.05, 4.69) is 11.1 Å². The van der Waals surface area contributed by atoms with E-state index in [-0.39, 0.29) is 12.4 Å². The van der Waals surface area contributed by atoms with Crippen molar-refractivity contribution in [1.82, 2.24) is 4.98 Å². The Balaban J connectivity index is 2.14. The molecular formula is C19H19NO2.